The van der Waals surface area contributed by atoms with Crippen molar-refractivity contribution in [2.45, 2.75) is 32.0 Å². The van der Waals surface area contributed by atoms with E-state index in [2.05, 4.69) is 57.0 Å². The first-order chi connectivity index (χ1) is 7.40. The number of carbonyl (C=O) groups is 1. The summed E-state index contributed by atoms with van der Waals surface area (Å²) in [6, 6.07) is 6.25. The van der Waals surface area contributed by atoms with E-state index in [4.69, 9.17) is 0 Å². The van der Waals surface area contributed by atoms with Crippen molar-refractivity contribution in [1.29, 1.82) is 0 Å². The molecule has 0 bridgehead atoms. The summed E-state index contributed by atoms with van der Waals surface area (Å²) in [4.78, 5) is 11.7. The average Bonchev–Trinajstić information content (AvgIpc) is 2.14. The van der Waals surface area contributed by atoms with Gasteiger partial charge in [0.1, 0.15) is 5.78 Å². The molecule has 0 fully saturated rings. The van der Waals surface area contributed by atoms with Crippen LogP contribution < -0.4 is 0 Å². The quantitative estimate of drug-likeness (QED) is 0.742. The lowest BCUT2D eigenvalue weighted by Crippen LogP contribution is -2.21. The van der Waals surface area contributed by atoms with Gasteiger partial charge in [-0.3, -0.25) is 4.79 Å². The topological polar surface area (TPSA) is 17.1 Å². The van der Waals surface area contributed by atoms with Gasteiger partial charge in [-0.1, -0.05) is 51.8 Å². The molecule has 1 nitrogen and oxygen atoms in total. The molecule has 0 heterocycles. The van der Waals surface area contributed by atoms with Crippen LogP contribution in [0, 0.1) is 12.8 Å². The van der Waals surface area contributed by atoms with E-state index in [1.165, 1.54) is 11.1 Å². The summed E-state index contributed by atoms with van der Waals surface area (Å²) in [7, 11) is 0. The van der Waals surface area contributed by atoms with Gasteiger partial charge in [0.05, 0.1) is 4.83 Å². The Bertz CT molecular complexity index is 365. The molecule has 1 unspecified atom stereocenters. The molecular weight excluding hydrogens is 332 g/mol. The van der Waals surface area contributed by atoms with Crippen molar-refractivity contribution >= 4 is 37.6 Å². The van der Waals surface area contributed by atoms with Crippen LogP contribution >= 0.6 is 31.9 Å². The third kappa shape index (κ3) is 4.02. The molecule has 16 heavy (non-hydrogen) atoms. The summed E-state index contributed by atoms with van der Waals surface area (Å²) < 4.78 is 1.07. The van der Waals surface area contributed by atoms with Gasteiger partial charge in [0.2, 0.25) is 0 Å². The summed E-state index contributed by atoms with van der Waals surface area (Å²) >= 11 is 6.93. The Morgan fingerprint density at radius 1 is 1.31 bits per heavy atom. The third-order valence-electron chi connectivity index (χ3n) is 2.39. The number of halogens is 2. The van der Waals surface area contributed by atoms with Crippen LogP contribution in [0.4, 0.5) is 0 Å². The Labute approximate surface area is 114 Å². The van der Waals surface area contributed by atoms with Gasteiger partial charge in [-0.05, 0) is 36.6 Å². The third-order valence-corrected chi connectivity index (χ3v) is 3.63. The largest absolute Gasteiger partial charge is 0.298 e. The Balaban J connectivity index is 2.76. The van der Waals surface area contributed by atoms with Gasteiger partial charge in [-0.2, -0.15) is 0 Å². The summed E-state index contributed by atoms with van der Waals surface area (Å²) in [6.07, 6.45) is 0.747. The summed E-state index contributed by atoms with van der Waals surface area (Å²) in [5.41, 5.74) is 2.39. The highest BCUT2D eigenvalue weighted by molar-refractivity contribution is 9.10. The minimum atomic E-state index is -0.0822. The fourth-order valence-electron chi connectivity index (χ4n) is 1.60. The van der Waals surface area contributed by atoms with Crippen LogP contribution in [-0.4, -0.2) is 10.6 Å². The smallest absolute Gasteiger partial charge is 0.149 e. The van der Waals surface area contributed by atoms with Crippen molar-refractivity contribution in [3.05, 3.63) is 33.8 Å². The van der Waals surface area contributed by atoms with Gasteiger partial charge in [-0.25, -0.2) is 0 Å². The Kier molecular flexibility index (Phi) is 5.19. The van der Waals surface area contributed by atoms with Crippen LogP contribution in [0.3, 0.4) is 0 Å². The zero-order chi connectivity index (χ0) is 12.3. The predicted octanol–water partition coefficient (Wildman–Crippen LogP) is 4.29. The zero-order valence-corrected chi connectivity index (χ0v) is 12.9. The van der Waals surface area contributed by atoms with Crippen LogP contribution in [0.2, 0.25) is 0 Å². The second-order valence-corrected chi connectivity index (χ2v) is 6.39. The lowest BCUT2D eigenvalue weighted by Gasteiger charge is -2.12. The number of alkyl halides is 1. The van der Waals surface area contributed by atoms with E-state index < -0.39 is 0 Å². The van der Waals surface area contributed by atoms with Crippen molar-refractivity contribution in [3.63, 3.8) is 0 Å². The Morgan fingerprint density at radius 3 is 2.44 bits per heavy atom. The first-order valence-electron chi connectivity index (χ1n) is 5.34. The van der Waals surface area contributed by atoms with Gasteiger partial charge in [-0.15, -0.1) is 0 Å². The average molecular weight is 348 g/mol. The molecule has 1 aromatic carbocycles. The predicted molar refractivity (Wildman–Crippen MR) is 75.1 cm³/mol. The summed E-state index contributed by atoms with van der Waals surface area (Å²) in [5.74, 6) is 0.343. The monoisotopic (exact) mass is 346 g/mol. The number of hydrogen-bond donors (Lipinski definition) is 0. The fraction of sp³-hybridized carbons (Fsp3) is 0.462. The highest BCUT2D eigenvalue weighted by Gasteiger charge is 2.18. The van der Waals surface area contributed by atoms with Gasteiger partial charge in [0.15, 0.2) is 0 Å². The molecule has 88 valence electrons. The van der Waals surface area contributed by atoms with E-state index in [1.807, 2.05) is 13.8 Å². The number of aryl methyl sites for hydroxylation is 1. The van der Waals surface area contributed by atoms with Crippen molar-refractivity contribution in [3.8, 4) is 0 Å². The van der Waals surface area contributed by atoms with Crippen LogP contribution in [0.5, 0.6) is 0 Å². The minimum Gasteiger partial charge on any atom is -0.298 e. The molecule has 0 aliphatic carbocycles. The molecule has 0 amide bonds. The molecule has 0 aliphatic rings. The molecule has 0 saturated carbocycles. The number of benzene rings is 1. The maximum absolute atomic E-state index is 11.8. The number of rotatable bonds is 4. The van der Waals surface area contributed by atoms with Gasteiger partial charge < -0.3 is 0 Å². The standard InChI is InChI=1S/C13H16Br2O/c1-8(2)13(16)12(15)7-10-4-9(3)5-11(14)6-10/h4-6,8,12H,7H2,1-3H3. The Hall–Kier alpha value is -0.150. The van der Waals surface area contributed by atoms with E-state index >= 15 is 0 Å². The van der Waals surface area contributed by atoms with Gasteiger partial charge in [0.25, 0.3) is 0 Å². The Morgan fingerprint density at radius 2 is 1.94 bits per heavy atom. The van der Waals surface area contributed by atoms with Gasteiger partial charge >= 0.3 is 0 Å². The summed E-state index contributed by atoms with van der Waals surface area (Å²) in [5, 5.41) is 0. The maximum atomic E-state index is 11.8. The highest BCUT2D eigenvalue weighted by Crippen LogP contribution is 2.20. The van der Waals surface area contributed by atoms with Gasteiger partial charge in [0, 0.05) is 10.4 Å². The van der Waals surface area contributed by atoms with E-state index in [0.717, 1.165) is 10.9 Å². The number of Topliss-reactive ketones (excluding diaryl/α,β-unsaturated/α-hetero) is 1. The van der Waals surface area contributed by atoms with Crippen molar-refractivity contribution in [2.75, 3.05) is 0 Å². The molecular formula is C13H16Br2O. The van der Waals surface area contributed by atoms with E-state index in [1.54, 1.807) is 0 Å². The molecule has 0 N–H and O–H groups in total. The van der Waals surface area contributed by atoms with Crippen LogP contribution in [0.15, 0.2) is 22.7 Å². The first-order valence-corrected chi connectivity index (χ1v) is 7.05. The molecule has 1 aromatic rings. The fourth-order valence-corrected chi connectivity index (χ4v) is 3.16. The number of ketones is 1. The maximum Gasteiger partial charge on any atom is 0.149 e. The van der Waals surface area contributed by atoms with Crippen molar-refractivity contribution < 1.29 is 4.79 Å². The molecule has 3 heteroatoms. The SMILES string of the molecule is Cc1cc(Br)cc(CC(Br)C(=O)C(C)C)c1. The zero-order valence-electron chi connectivity index (χ0n) is 9.76. The molecule has 1 atom stereocenters. The molecule has 0 saturated heterocycles. The molecule has 0 spiro atoms. The van der Waals surface area contributed by atoms with Crippen molar-refractivity contribution in [1.82, 2.24) is 0 Å². The van der Waals surface area contributed by atoms with Crippen LogP contribution in [-0.2, 0) is 11.2 Å². The number of carbonyl (C=O) groups excluding carboxylic acids is 1. The van der Waals surface area contributed by atoms with Crippen molar-refractivity contribution in [2.24, 2.45) is 5.92 Å². The minimum absolute atomic E-state index is 0.0811. The highest BCUT2D eigenvalue weighted by atomic mass is 79.9. The molecule has 0 radical (unpaired) electrons. The first kappa shape index (κ1) is 13.9. The van der Waals surface area contributed by atoms with Crippen LogP contribution in [0.1, 0.15) is 25.0 Å². The van der Waals surface area contributed by atoms with E-state index in [9.17, 15) is 4.79 Å². The second-order valence-electron chi connectivity index (χ2n) is 4.37. The molecule has 1 rings (SSSR count). The normalized spacial score (nSPS) is 12.9. The van der Waals surface area contributed by atoms with E-state index in [-0.39, 0.29) is 16.5 Å². The number of hydrogen-bond acceptors (Lipinski definition) is 1. The summed E-state index contributed by atoms with van der Waals surface area (Å²) in [6.45, 7) is 5.92. The lowest BCUT2D eigenvalue weighted by atomic mass is 10.00. The van der Waals surface area contributed by atoms with Crippen LogP contribution in [0.25, 0.3) is 0 Å². The second kappa shape index (κ2) is 5.97. The van der Waals surface area contributed by atoms with E-state index in [0.29, 0.717) is 0 Å². The molecule has 0 aromatic heterocycles. The lowest BCUT2D eigenvalue weighted by molar-refractivity contribution is -0.121. The molecule has 0 aliphatic heterocycles.